The number of carbonyl (C=O) groups excluding carboxylic acids is 3. The van der Waals surface area contributed by atoms with Crippen molar-refractivity contribution in [2.75, 3.05) is 32.9 Å². The average Bonchev–Trinajstić information content (AvgIpc) is 3.62. The Labute approximate surface area is 383 Å². The topological polar surface area (TPSA) is 501 Å². The van der Waals surface area contributed by atoms with Crippen LogP contribution in [0.2, 0.25) is 0 Å². The number of amides is 3. The Bertz CT molecular complexity index is 2120. The van der Waals surface area contributed by atoms with Crippen LogP contribution in [0.1, 0.15) is 56.7 Å². The second-order valence-corrected chi connectivity index (χ2v) is 20.0. The molecule has 0 radical (unpaired) electrons. The Morgan fingerprint density at radius 2 is 1.34 bits per heavy atom. The second-order valence-electron chi connectivity index (χ2n) is 15.6. The van der Waals surface area contributed by atoms with Gasteiger partial charge < -0.3 is 95.3 Å². The molecule has 2 unspecified atom stereocenters. The van der Waals surface area contributed by atoms with E-state index in [2.05, 4.69) is 29.1 Å². The zero-order valence-corrected chi connectivity index (χ0v) is 38.2. The zero-order chi connectivity index (χ0) is 50.7. The fourth-order valence-electron chi connectivity index (χ4n) is 6.92. The van der Waals surface area contributed by atoms with Crippen molar-refractivity contribution in [2.24, 2.45) is 0 Å². The molecule has 4 rings (SSSR count). The molecule has 0 spiro atoms. The summed E-state index contributed by atoms with van der Waals surface area (Å²) >= 11 is 0. The lowest BCUT2D eigenvalue weighted by Gasteiger charge is -2.46. The fraction of sp³-hybridized carbons (Fsp3) is 0.788. The van der Waals surface area contributed by atoms with E-state index in [4.69, 9.17) is 28.7 Å². The molecule has 15 atom stereocenters. The van der Waals surface area contributed by atoms with Crippen LogP contribution in [0.4, 0.5) is 0 Å². The zero-order valence-electron chi connectivity index (χ0n) is 35.6. The minimum atomic E-state index is -5.81. The third kappa shape index (κ3) is 17.1. The number of nitrogens with zero attached hydrogens (tertiary/aromatic N) is 1. The highest BCUT2D eigenvalue weighted by Crippen LogP contribution is 2.66. The van der Waals surface area contributed by atoms with Crippen molar-refractivity contribution in [3.63, 3.8) is 0 Å². The quantitative estimate of drug-likeness (QED) is 0.0320. The molecule has 0 aliphatic carbocycles. The van der Waals surface area contributed by atoms with Gasteiger partial charge >= 0.3 is 29.2 Å². The van der Waals surface area contributed by atoms with E-state index in [0.29, 0.717) is 25.7 Å². The molecule has 390 valence electrons. The molecule has 0 bridgehead atoms. The molecule has 0 aromatic carbocycles. The van der Waals surface area contributed by atoms with Crippen molar-refractivity contribution in [2.45, 2.75) is 131 Å². The normalized spacial score (nSPS) is 31.6. The number of carbonyl (C=O) groups is 3. The smallest absolute Gasteiger partial charge is 0.394 e. The van der Waals surface area contributed by atoms with E-state index in [9.17, 15) is 88.3 Å². The minimum absolute atomic E-state index is 0.185. The van der Waals surface area contributed by atoms with E-state index in [1.165, 1.54) is 0 Å². The van der Waals surface area contributed by atoms with Gasteiger partial charge in [-0.05, 0) is 12.8 Å². The number of aliphatic hydroxyl groups excluding tert-OH is 8. The van der Waals surface area contributed by atoms with Gasteiger partial charge in [0.15, 0.2) is 12.5 Å². The molecule has 3 aliphatic rings. The highest BCUT2D eigenvalue weighted by Gasteiger charge is 2.51. The molecule has 3 aliphatic heterocycles. The van der Waals surface area contributed by atoms with Crippen molar-refractivity contribution in [3.8, 4) is 0 Å². The van der Waals surface area contributed by atoms with Crippen molar-refractivity contribution < 1.29 is 121 Å². The maximum absolute atomic E-state index is 12.6. The van der Waals surface area contributed by atoms with Gasteiger partial charge in [-0.1, -0.05) is 12.8 Å². The number of ether oxygens (including phenoxy) is 4. The Morgan fingerprint density at radius 3 is 1.96 bits per heavy atom. The number of aliphatic hydroxyl groups is 8. The molecule has 3 amide bonds. The van der Waals surface area contributed by atoms with E-state index in [-0.39, 0.29) is 37.9 Å². The SMILES string of the molecule is O=C(CCC(=O)N[C@@H]1O[C@H](CO)[C@@H](O[C@@H]2O[C@H](CO)[C@H](O)[C@H](O)[C@H]2O)[C@H](O)[C@H]1O)NCCCCCCNC(=O)Cc1cn([C@H]2C[C@H](O)[C@@H](COP(=O)(O)OP(=O)(O)OP(=O)(O)O)O2)c(=O)[nH]c1=O. The van der Waals surface area contributed by atoms with Crippen LogP contribution in [-0.4, -0.2) is 194 Å². The van der Waals surface area contributed by atoms with Gasteiger partial charge in [0.05, 0.1) is 32.3 Å². The Balaban J connectivity index is 1.10. The molecule has 35 heteroatoms. The first-order valence-electron chi connectivity index (χ1n) is 20.6. The number of aromatic nitrogens is 2. The molecule has 1 aromatic rings. The number of aromatic amines is 1. The number of hydrogen-bond acceptors (Lipinski definition) is 23. The molecule has 1 aromatic heterocycles. The van der Waals surface area contributed by atoms with Gasteiger partial charge in [-0.2, -0.15) is 8.62 Å². The van der Waals surface area contributed by atoms with E-state index in [0.717, 1.165) is 10.8 Å². The van der Waals surface area contributed by atoms with Gasteiger partial charge in [-0.3, -0.25) is 33.3 Å². The maximum atomic E-state index is 12.6. The highest BCUT2D eigenvalue weighted by atomic mass is 31.3. The van der Waals surface area contributed by atoms with Crippen molar-refractivity contribution in [1.82, 2.24) is 25.5 Å². The lowest BCUT2D eigenvalue weighted by molar-refractivity contribution is -0.343. The fourth-order valence-corrected chi connectivity index (χ4v) is 9.95. The average molecular weight is 1050 g/mol. The monoisotopic (exact) mass is 1050 g/mol. The minimum Gasteiger partial charge on any atom is -0.394 e. The molecular formula is C33H56N5O27P3. The first-order chi connectivity index (χ1) is 31.7. The summed E-state index contributed by atoms with van der Waals surface area (Å²) in [5.74, 6) is -1.84. The Kier molecular flexibility index (Phi) is 21.5. The summed E-state index contributed by atoms with van der Waals surface area (Å²) in [7, 11) is -17.0. The van der Waals surface area contributed by atoms with E-state index in [1.807, 2.05) is 4.98 Å². The second kappa shape index (κ2) is 25.4. The highest BCUT2D eigenvalue weighted by molar-refractivity contribution is 7.66. The van der Waals surface area contributed by atoms with Gasteiger partial charge in [0, 0.05) is 44.1 Å². The van der Waals surface area contributed by atoms with Gasteiger partial charge in [0.2, 0.25) is 17.7 Å². The number of nitrogens with one attached hydrogen (secondary N) is 4. The maximum Gasteiger partial charge on any atom is 0.490 e. The van der Waals surface area contributed by atoms with Crippen LogP contribution in [0, 0.1) is 0 Å². The number of rotatable bonds is 25. The van der Waals surface area contributed by atoms with Crippen LogP contribution < -0.4 is 27.2 Å². The third-order valence-corrected chi connectivity index (χ3v) is 14.2. The molecule has 68 heavy (non-hydrogen) atoms. The van der Waals surface area contributed by atoms with Crippen LogP contribution in [0.25, 0.3) is 0 Å². The Hall–Kier alpha value is -2.98. The van der Waals surface area contributed by atoms with Gasteiger partial charge in [0.1, 0.15) is 61.2 Å². The van der Waals surface area contributed by atoms with Crippen LogP contribution in [0.15, 0.2) is 15.8 Å². The van der Waals surface area contributed by atoms with Gasteiger partial charge in [-0.15, -0.1) is 0 Å². The number of unbranched alkanes of at least 4 members (excludes halogenated alkanes) is 3. The van der Waals surface area contributed by atoms with E-state index < -0.39 is 158 Å². The van der Waals surface area contributed by atoms with Crippen LogP contribution in [0.3, 0.4) is 0 Å². The first-order valence-corrected chi connectivity index (χ1v) is 25.1. The summed E-state index contributed by atoms with van der Waals surface area (Å²) in [5, 5.41) is 88.8. The van der Waals surface area contributed by atoms with E-state index >= 15 is 0 Å². The number of phosphoric ester groups is 1. The summed E-state index contributed by atoms with van der Waals surface area (Å²) in [6.07, 6.45) is -19.2. The van der Waals surface area contributed by atoms with Crippen molar-refractivity contribution in [3.05, 3.63) is 32.6 Å². The summed E-state index contributed by atoms with van der Waals surface area (Å²) in [5.41, 5.74) is -2.10. The largest absolute Gasteiger partial charge is 0.490 e. The van der Waals surface area contributed by atoms with Gasteiger partial charge in [-0.25, -0.2) is 18.5 Å². The number of hydrogen-bond donors (Lipinski definition) is 16. The third-order valence-electron chi connectivity index (χ3n) is 10.4. The predicted molar refractivity (Wildman–Crippen MR) is 218 cm³/mol. The molecule has 32 nitrogen and oxygen atoms in total. The summed E-state index contributed by atoms with van der Waals surface area (Å²) in [6, 6.07) is 0. The summed E-state index contributed by atoms with van der Waals surface area (Å²) in [6.45, 7) is -2.17. The summed E-state index contributed by atoms with van der Waals surface area (Å²) in [4.78, 5) is 101. The lowest BCUT2D eigenvalue weighted by atomic mass is 9.96. The molecule has 16 N–H and O–H groups in total. The van der Waals surface area contributed by atoms with Crippen LogP contribution >= 0.6 is 23.5 Å². The van der Waals surface area contributed by atoms with Crippen LogP contribution in [0.5, 0.6) is 0 Å². The van der Waals surface area contributed by atoms with Crippen molar-refractivity contribution >= 4 is 41.2 Å². The predicted octanol–water partition coefficient (Wildman–Crippen LogP) is -6.62. The molecule has 3 fully saturated rings. The Morgan fingerprint density at radius 1 is 0.721 bits per heavy atom. The molecular weight excluding hydrogens is 991 g/mol. The lowest BCUT2D eigenvalue weighted by Crippen LogP contribution is -2.66. The van der Waals surface area contributed by atoms with Crippen molar-refractivity contribution in [1.29, 1.82) is 0 Å². The molecule has 0 saturated carbocycles. The first kappa shape index (κ1) is 57.6. The van der Waals surface area contributed by atoms with Crippen LogP contribution in [-0.2, 0) is 66.6 Å². The standard InChI is InChI=1S/C33H56N5O27P3/c39-12-17-24(45)25(46)28(49)32(62-17)63-29-18(13-40)61-31(27(48)26(29)47)36-21(43)6-5-20(42)34-7-3-1-2-4-8-35-22(44)9-15-11-38(33(51)37-30(15)50)23-10-16(41)19(60-23)14-59-67(55,56)65-68(57,58)64-66(52,53)54/h11,16-19,23-29,31-32,39-41,45-49H,1-10,12-14H2,(H,34,42)(H,35,44)(H,36,43)(H,55,56)(H,57,58)(H,37,50,51)(H2,52,53,54)/t16-,17+,18+,19+,23+,24-,25-,26+,27+,28+,29+,31+,32-/m0/s1. The van der Waals surface area contributed by atoms with Gasteiger partial charge in [0.25, 0.3) is 5.56 Å². The van der Waals surface area contributed by atoms with E-state index in [1.54, 1.807) is 0 Å². The number of H-pyrrole nitrogens is 1. The molecule has 3 saturated heterocycles. The molecule has 4 heterocycles. The summed E-state index contributed by atoms with van der Waals surface area (Å²) < 4.78 is 68.5. The number of phosphoric acid groups is 3.